The van der Waals surface area contributed by atoms with Crippen molar-refractivity contribution in [3.63, 3.8) is 0 Å². The Morgan fingerprint density at radius 3 is 2.77 bits per heavy atom. The lowest BCUT2D eigenvalue weighted by atomic mass is 10.2. The highest BCUT2D eigenvalue weighted by Crippen LogP contribution is 2.20. The molecule has 7 nitrogen and oxygen atoms in total. The minimum atomic E-state index is -0.0785. The second-order valence-electron chi connectivity index (χ2n) is 6.44. The average Bonchev–Trinajstić information content (AvgIpc) is 3.16. The van der Waals surface area contributed by atoms with Gasteiger partial charge in [-0.05, 0) is 24.3 Å². The van der Waals surface area contributed by atoms with Crippen LogP contribution in [0.5, 0.6) is 0 Å². The molecule has 1 saturated heterocycles. The van der Waals surface area contributed by atoms with Crippen molar-refractivity contribution >= 4 is 17.0 Å². The Morgan fingerprint density at radius 1 is 1.00 bits per heavy atom. The van der Waals surface area contributed by atoms with Crippen LogP contribution in [0.4, 0.5) is 5.69 Å². The average molecular weight is 346 g/mol. The van der Waals surface area contributed by atoms with Gasteiger partial charge in [-0.15, -0.1) is 0 Å². The van der Waals surface area contributed by atoms with Gasteiger partial charge in [-0.1, -0.05) is 0 Å². The van der Waals surface area contributed by atoms with Gasteiger partial charge in [0, 0.05) is 62.6 Å². The summed E-state index contributed by atoms with van der Waals surface area (Å²) in [5, 5.41) is 3.34. The van der Waals surface area contributed by atoms with E-state index in [-0.39, 0.29) is 5.56 Å². The number of pyridine rings is 2. The number of nitrogens with one attached hydrogen (secondary N) is 1. The minimum Gasteiger partial charge on any atom is -0.368 e. The standard InChI is InChI=1S/C19H18N6O/c26-19-12-16(14-3-7-24-10-6-21-18(24)11-14)22-17-2-1-15(13-25(17)19)23-8-4-20-5-9-23/h1-3,6-7,10-13,20H,4-5,8-9H2. The van der Waals surface area contributed by atoms with Crippen molar-refractivity contribution in [1.29, 1.82) is 0 Å². The molecule has 1 aliphatic heterocycles. The molecule has 0 unspecified atom stereocenters. The monoisotopic (exact) mass is 346 g/mol. The van der Waals surface area contributed by atoms with E-state index in [4.69, 9.17) is 0 Å². The van der Waals surface area contributed by atoms with Gasteiger partial charge >= 0.3 is 0 Å². The molecule has 0 spiro atoms. The first-order valence-electron chi connectivity index (χ1n) is 8.70. The predicted octanol–water partition coefficient (Wildman–Crippen LogP) is 1.42. The largest absolute Gasteiger partial charge is 0.368 e. The number of nitrogens with zero attached hydrogens (tertiary/aromatic N) is 5. The Kier molecular flexibility index (Phi) is 3.46. The highest BCUT2D eigenvalue weighted by molar-refractivity contribution is 5.66. The van der Waals surface area contributed by atoms with Crippen LogP contribution >= 0.6 is 0 Å². The van der Waals surface area contributed by atoms with Gasteiger partial charge in [0.2, 0.25) is 0 Å². The molecule has 0 aliphatic carbocycles. The molecule has 0 saturated carbocycles. The Hall–Kier alpha value is -3.19. The van der Waals surface area contributed by atoms with Gasteiger partial charge in [0.25, 0.3) is 5.56 Å². The molecule has 0 radical (unpaired) electrons. The Balaban J connectivity index is 1.59. The summed E-state index contributed by atoms with van der Waals surface area (Å²) < 4.78 is 3.55. The van der Waals surface area contributed by atoms with Crippen LogP contribution in [0, 0.1) is 0 Å². The molecule has 0 atom stereocenters. The molecule has 7 heteroatoms. The van der Waals surface area contributed by atoms with E-state index in [0.29, 0.717) is 11.3 Å². The van der Waals surface area contributed by atoms with E-state index in [0.717, 1.165) is 43.1 Å². The lowest BCUT2D eigenvalue weighted by Crippen LogP contribution is -2.43. The van der Waals surface area contributed by atoms with Crippen molar-refractivity contribution in [1.82, 2.24) is 24.1 Å². The van der Waals surface area contributed by atoms with Crippen LogP contribution in [-0.2, 0) is 0 Å². The summed E-state index contributed by atoms with van der Waals surface area (Å²) in [6.07, 6.45) is 7.45. The highest BCUT2D eigenvalue weighted by atomic mass is 16.1. The van der Waals surface area contributed by atoms with Crippen molar-refractivity contribution in [3.05, 3.63) is 65.5 Å². The van der Waals surface area contributed by atoms with Gasteiger partial charge in [-0.25, -0.2) is 9.97 Å². The Morgan fingerprint density at radius 2 is 1.88 bits per heavy atom. The summed E-state index contributed by atoms with van der Waals surface area (Å²) in [5.74, 6) is 0. The van der Waals surface area contributed by atoms with E-state index < -0.39 is 0 Å². The number of imidazole rings is 1. The number of anilines is 1. The molecular weight excluding hydrogens is 328 g/mol. The first kappa shape index (κ1) is 15.1. The van der Waals surface area contributed by atoms with Crippen LogP contribution in [-0.4, -0.2) is 44.9 Å². The lowest BCUT2D eigenvalue weighted by molar-refractivity contribution is 0.588. The van der Waals surface area contributed by atoms with Crippen LogP contribution in [0.15, 0.2) is 59.9 Å². The fourth-order valence-corrected chi connectivity index (χ4v) is 3.42. The van der Waals surface area contributed by atoms with Gasteiger partial charge in [-0.2, -0.15) is 0 Å². The molecule has 0 aromatic carbocycles. The molecule has 1 N–H and O–H groups in total. The lowest BCUT2D eigenvalue weighted by Gasteiger charge is -2.29. The number of aromatic nitrogens is 4. The van der Waals surface area contributed by atoms with E-state index in [9.17, 15) is 4.79 Å². The van der Waals surface area contributed by atoms with Crippen LogP contribution in [0.2, 0.25) is 0 Å². The molecule has 1 fully saturated rings. The van der Waals surface area contributed by atoms with Gasteiger partial charge in [-0.3, -0.25) is 9.20 Å². The first-order valence-corrected chi connectivity index (χ1v) is 8.70. The third-order valence-electron chi connectivity index (χ3n) is 4.82. The van der Waals surface area contributed by atoms with E-state index in [1.54, 1.807) is 16.7 Å². The Labute approximate surface area is 149 Å². The van der Waals surface area contributed by atoms with Gasteiger partial charge in [0.05, 0.1) is 11.4 Å². The second kappa shape index (κ2) is 5.96. The van der Waals surface area contributed by atoms with Crippen molar-refractivity contribution in [2.45, 2.75) is 0 Å². The zero-order valence-electron chi connectivity index (χ0n) is 14.2. The summed E-state index contributed by atoms with van der Waals surface area (Å²) in [6, 6.07) is 9.42. The fourth-order valence-electron chi connectivity index (χ4n) is 3.42. The van der Waals surface area contributed by atoms with E-state index >= 15 is 0 Å². The third kappa shape index (κ3) is 2.53. The summed E-state index contributed by atoms with van der Waals surface area (Å²) in [7, 11) is 0. The van der Waals surface area contributed by atoms with Gasteiger partial charge in [0.15, 0.2) is 0 Å². The van der Waals surface area contributed by atoms with Gasteiger partial charge < -0.3 is 14.6 Å². The molecular formula is C19H18N6O. The summed E-state index contributed by atoms with van der Waals surface area (Å²) in [5.41, 5.74) is 4.00. The maximum Gasteiger partial charge on any atom is 0.258 e. The maximum absolute atomic E-state index is 12.7. The van der Waals surface area contributed by atoms with Crippen molar-refractivity contribution in [3.8, 4) is 11.3 Å². The molecule has 130 valence electrons. The van der Waals surface area contributed by atoms with Crippen LogP contribution in [0.1, 0.15) is 0 Å². The van der Waals surface area contributed by atoms with Crippen molar-refractivity contribution in [2.75, 3.05) is 31.1 Å². The minimum absolute atomic E-state index is 0.0785. The Bertz CT molecular complexity index is 1160. The molecule has 4 aromatic rings. The topological polar surface area (TPSA) is 66.9 Å². The fraction of sp³-hybridized carbons (Fsp3) is 0.211. The third-order valence-corrected chi connectivity index (χ3v) is 4.82. The van der Waals surface area contributed by atoms with Crippen LogP contribution < -0.4 is 15.8 Å². The van der Waals surface area contributed by atoms with Crippen LogP contribution in [0.3, 0.4) is 0 Å². The van der Waals surface area contributed by atoms with Gasteiger partial charge in [0.1, 0.15) is 11.3 Å². The highest BCUT2D eigenvalue weighted by Gasteiger charge is 2.12. The smallest absolute Gasteiger partial charge is 0.258 e. The SMILES string of the molecule is O=c1cc(-c2ccn3ccnc3c2)nc2ccc(N3CCNCC3)cn12. The van der Waals surface area contributed by atoms with E-state index in [1.165, 1.54) is 0 Å². The molecule has 1 aliphatic rings. The van der Waals surface area contributed by atoms with Crippen molar-refractivity contribution < 1.29 is 0 Å². The number of hydrogen-bond acceptors (Lipinski definition) is 5. The zero-order valence-corrected chi connectivity index (χ0v) is 14.2. The molecule has 26 heavy (non-hydrogen) atoms. The summed E-state index contributed by atoms with van der Waals surface area (Å²) in [6.45, 7) is 3.80. The summed E-state index contributed by atoms with van der Waals surface area (Å²) in [4.78, 5) is 23.9. The maximum atomic E-state index is 12.7. The number of fused-ring (bicyclic) bond motifs is 2. The molecule has 0 bridgehead atoms. The molecule has 5 rings (SSSR count). The first-order chi connectivity index (χ1) is 12.8. The van der Waals surface area contributed by atoms with Crippen LogP contribution in [0.25, 0.3) is 22.6 Å². The quantitative estimate of drug-likeness (QED) is 0.595. The normalized spacial score (nSPS) is 15.0. The number of piperazine rings is 1. The summed E-state index contributed by atoms with van der Waals surface area (Å²) >= 11 is 0. The predicted molar refractivity (Wildman–Crippen MR) is 101 cm³/mol. The molecule has 0 amide bonds. The molecule has 4 aromatic heterocycles. The second-order valence-corrected chi connectivity index (χ2v) is 6.44. The van der Waals surface area contributed by atoms with E-state index in [2.05, 4.69) is 20.2 Å². The number of rotatable bonds is 2. The van der Waals surface area contributed by atoms with Crippen molar-refractivity contribution in [2.24, 2.45) is 0 Å². The number of hydrogen-bond donors (Lipinski definition) is 1. The zero-order chi connectivity index (χ0) is 17.5. The molecule has 5 heterocycles. The van der Waals surface area contributed by atoms with E-state index in [1.807, 2.05) is 47.3 Å².